The molecule has 1 N–H and O–H groups in total. The molecule has 0 atom stereocenters. The van der Waals surface area contributed by atoms with Gasteiger partial charge in [-0.3, -0.25) is 4.98 Å². The van der Waals surface area contributed by atoms with Gasteiger partial charge in [-0.15, -0.1) is 0 Å². The summed E-state index contributed by atoms with van der Waals surface area (Å²) in [5.41, 5.74) is 0.665. The van der Waals surface area contributed by atoms with E-state index in [9.17, 15) is 13.2 Å². The standard InChI is InChI=1S/C10H14F3N3O/c1-2-3-14-4-8-5-16-9(6-15-8)17-7-10(11,12)13/h5-6,14H,2-4,7H2,1H3. The number of nitrogens with one attached hydrogen (secondary N) is 1. The van der Waals surface area contributed by atoms with E-state index in [2.05, 4.69) is 20.0 Å². The van der Waals surface area contributed by atoms with Gasteiger partial charge in [0, 0.05) is 6.54 Å². The van der Waals surface area contributed by atoms with Crippen LogP contribution in [-0.4, -0.2) is 29.3 Å². The molecule has 0 aliphatic rings. The van der Waals surface area contributed by atoms with Gasteiger partial charge in [0.1, 0.15) is 0 Å². The van der Waals surface area contributed by atoms with Crippen LogP contribution in [0.3, 0.4) is 0 Å². The maximum atomic E-state index is 11.8. The minimum absolute atomic E-state index is 0.124. The van der Waals surface area contributed by atoms with E-state index in [1.54, 1.807) is 0 Å². The Morgan fingerprint density at radius 1 is 1.29 bits per heavy atom. The number of aromatic nitrogens is 2. The minimum atomic E-state index is -4.36. The van der Waals surface area contributed by atoms with Gasteiger partial charge in [0.25, 0.3) is 0 Å². The molecule has 0 saturated heterocycles. The van der Waals surface area contributed by atoms with Crippen molar-refractivity contribution in [2.24, 2.45) is 0 Å². The van der Waals surface area contributed by atoms with E-state index in [1.165, 1.54) is 12.4 Å². The Labute approximate surface area is 97.2 Å². The molecule has 1 aromatic heterocycles. The van der Waals surface area contributed by atoms with Crippen molar-refractivity contribution in [3.63, 3.8) is 0 Å². The fraction of sp³-hybridized carbons (Fsp3) is 0.600. The zero-order valence-electron chi connectivity index (χ0n) is 9.42. The molecule has 0 spiro atoms. The number of halogens is 3. The molecule has 1 aromatic rings. The maximum absolute atomic E-state index is 11.8. The van der Waals surface area contributed by atoms with Crippen molar-refractivity contribution < 1.29 is 17.9 Å². The van der Waals surface area contributed by atoms with Gasteiger partial charge in [-0.05, 0) is 13.0 Å². The smallest absolute Gasteiger partial charge is 0.422 e. The Morgan fingerprint density at radius 3 is 2.59 bits per heavy atom. The molecular weight excluding hydrogens is 235 g/mol. The first-order chi connectivity index (χ1) is 8.01. The summed E-state index contributed by atoms with van der Waals surface area (Å²) in [5.74, 6) is -0.124. The van der Waals surface area contributed by atoms with Gasteiger partial charge >= 0.3 is 6.18 Å². The van der Waals surface area contributed by atoms with E-state index in [4.69, 9.17) is 0 Å². The number of ether oxygens (including phenoxy) is 1. The van der Waals surface area contributed by atoms with E-state index in [0.29, 0.717) is 12.2 Å². The summed E-state index contributed by atoms with van der Waals surface area (Å²) in [5, 5.41) is 3.10. The topological polar surface area (TPSA) is 47.0 Å². The molecule has 0 aromatic carbocycles. The summed E-state index contributed by atoms with van der Waals surface area (Å²) in [6.07, 6.45) is -0.772. The highest BCUT2D eigenvalue weighted by atomic mass is 19.4. The summed E-state index contributed by atoms with van der Waals surface area (Å²) in [6.45, 7) is 2.08. The van der Waals surface area contributed by atoms with Gasteiger partial charge in [0.05, 0.1) is 18.1 Å². The van der Waals surface area contributed by atoms with Crippen LogP contribution in [-0.2, 0) is 6.54 Å². The van der Waals surface area contributed by atoms with Gasteiger partial charge in [-0.1, -0.05) is 6.92 Å². The average molecular weight is 249 g/mol. The monoisotopic (exact) mass is 249 g/mol. The molecule has 0 bridgehead atoms. The molecule has 0 fully saturated rings. The van der Waals surface area contributed by atoms with E-state index < -0.39 is 12.8 Å². The lowest BCUT2D eigenvalue weighted by Gasteiger charge is -2.08. The second-order valence-electron chi connectivity index (χ2n) is 3.43. The molecule has 4 nitrogen and oxygen atoms in total. The van der Waals surface area contributed by atoms with Crippen molar-refractivity contribution in [1.29, 1.82) is 0 Å². The Morgan fingerprint density at radius 2 is 2.06 bits per heavy atom. The Kier molecular flexibility index (Phi) is 5.14. The lowest BCUT2D eigenvalue weighted by molar-refractivity contribution is -0.154. The third-order valence-electron chi connectivity index (χ3n) is 1.80. The molecule has 0 unspecified atom stereocenters. The quantitative estimate of drug-likeness (QED) is 0.782. The predicted octanol–water partition coefficient (Wildman–Crippen LogP) is 1.92. The number of rotatable bonds is 6. The molecule has 0 saturated carbocycles. The molecule has 7 heteroatoms. The summed E-state index contributed by atoms with van der Waals surface area (Å²) < 4.78 is 40.0. The number of hydrogen-bond donors (Lipinski definition) is 1. The van der Waals surface area contributed by atoms with Crippen molar-refractivity contribution in [2.75, 3.05) is 13.2 Å². The molecule has 96 valence electrons. The Bertz CT molecular complexity index is 327. The van der Waals surface area contributed by atoms with Crippen LogP contribution in [0, 0.1) is 0 Å². The highest BCUT2D eigenvalue weighted by molar-refractivity contribution is 5.07. The van der Waals surface area contributed by atoms with E-state index in [1.807, 2.05) is 6.92 Å². The van der Waals surface area contributed by atoms with Crippen LogP contribution in [0.1, 0.15) is 19.0 Å². The van der Waals surface area contributed by atoms with Crippen LogP contribution in [0.5, 0.6) is 5.88 Å². The third kappa shape index (κ3) is 6.06. The van der Waals surface area contributed by atoms with E-state index in [-0.39, 0.29) is 5.88 Å². The van der Waals surface area contributed by atoms with Crippen LogP contribution in [0.4, 0.5) is 13.2 Å². The normalized spacial score (nSPS) is 11.5. The molecule has 0 radical (unpaired) electrons. The van der Waals surface area contributed by atoms with Crippen molar-refractivity contribution in [3.8, 4) is 5.88 Å². The molecule has 1 heterocycles. The largest absolute Gasteiger partial charge is 0.467 e. The minimum Gasteiger partial charge on any atom is -0.467 e. The zero-order chi connectivity index (χ0) is 12.7. The van der Waals surface area contributed by atoms with E-state index >= 15 is 0 Å². The fourth-order valence-electron chi connectivity index (χ4n) is 1.06. The first-order valence-corrected chi connectivity index (χ1v) is 5.22. The SMILES string of the molecule is CCCNCc1cnc(OCC(F)(F)F)cn1. The average Bonchev–Trinajstić information content (AvgIpc) is 2.27. The number of hydrogen-bond acceptors (Lipinski definition) is 4. The molecule has 0 aliphatic heterocycles. The summed E-state index contributed by atoms with van der Waals surface area (Å²) in [4.78, 5) is 7.67. The molecule has 0 aliphatic carbocycles. The first-order valence-electron chi connectivity index (χ1n) is 5.22. The van der Waals surface area contributed by atoms with Crippen LogP contribution < -0.4 is 10.1 Å². The second-order valence-corrected chi connectivity index (χ2v) is 3.43. The van der Waals surface area contributed by atoms with Gasteiger partial charge < -0.3 is 10.1 Å². The van der Waals surface area contributed by atoms with Crippen molar-refractivity contribution in [2.45, 2.75) is 26.1 Å². The fourth-order valence-corrected chi connectivity index (χ4v) is 1.06. The summed E-state index contributed by atoms with van der Waals surface area (Å²) >= 11 is 0. The van der Waals surface area contributed by atoms with Crippen molar-refractivity contribution in [1.82, 2.24) is 15.3 Å². The lowest BCUT2D eigenvalue weighted by atomic mass is 10.4. The molecular formula is C10H14F3N3O. The van der Waals surface area contributed by atoms with Crippen LogP contribution >= 0.6 is 0 Å². The molecule has 0 amide bonds. The van der Waals surface area contributed by atoms with Crippen LogP contribution in [0.2, 0.25) is 0 Å². The molecule has 1 rings (SSSR count). The van der Waals surface area contributed by atoms with Gasteiger partial charge in [0.15, 0.2) is 6.61 Å². The first kappa shape index (κ1) is 13.7. The molecule has 17 heavy (non-hydrogen) atoms. The Balaban J connectivity index is 2.39. The predicted molar refractivity (Wildman–Crippen MR) is 55.6 cm³/mol. The van der Waals surface area contributed by atoms with Crippen molar-refractivity contribution in [3.05, 3.63) is 18.1 Å². The van der Waals surface area contributed by atoms with Crippen LogP contribution in [0.15, 0.2) is 12.4 Å². The van der Waals surface area contributed by atoms with Crippen molar-refractivity contribution >= 4 is 0 Å². The van der Waals surface area contributed by atoms with Gasteiger partial charge in [-0.2, -0.15) is 13.2 Å². The zero-order valence-corrected chi connectivity index (χ0v) is 9.42. The number of alkyl halides is 3. The van der Waals surface area contributed by atoms with E-state index in [0.717, 1.165) is 13.0 Å². The summed E-state index contributed by atoms with van der Waals surface area (Å²) in [7, 11) is 0. The highest BCUT2D eigenvalue weighted by Crippen LogP contribution is 2.16. The van der Waals surface area contributed by atoms with Gasteiger partial charge in [0.2, 0.25) is 5.88 Å². The Hall–Kier alpha value is -1.37. The third-order valence-corrected chi connectivity index (χ3v) is 1.80. The number of nitrogens with zero attached hydrogens (tertiary/aromatic N) is 2. The highest BCUT2D eigenvalue weighted by Gasteiger charge is 2.28. The second kappa shape index (κ2) is 6.39. The lowest BCUT2D eigenvalue weighted by Crippen LogP contribution is -2.20. The van der Waals surface area contributed by atoms with Gasteiger partial charge in [-0.25, -0.2) is 4.98 Å². The summed E-state index contributed by atoms with van der Waals surface area (Å²) in [6, 6.07) is 0. The van der Waals surface area contributed by atoms with Crippen LogP contribution in [0.25, 0.3) is 0 Å². The maximum Gasteiger partial charge on any atom is 0.422 e.